The summed E-state index contributed by atoms with van der Waals surface area (Å²) < 4.78 is 0. The van der Waals surface area contributed by atoms with Crippen molar-refractivity contribution >= 4 is 23.0 Å². The molecule has 0 radical (unpaired) electrons. The Balaban J connectivity index is 1.41. The van der Waals surface area contributed by atoms with Crippen molar-refractivity contribution in [2.75, 3.05) is 13.1 Å². The van der Waals surface area contributed by atoms with E-state index in [0.29, 0.717) is 24.5 Å². The number of benzene rings is 2. The van der Waals surface area contributed by atoms with Gasteiger partial charge < -0.3 is 4.90 Å². The van der Waals surface area contributed by atoms with Crippen LogP contribution < -0.4 is 0 Å². The Hall–Kier alpha value is -2.79. The Kier molecular flexibility index (Phi) is 7.32. The molecule has 3 aromatic rings. The topological polar surface area (TPSA) is 50.3 Å². The van der Waals surface area contributed by atoms with Crippen LogP contribution in [0, 0.1) is 12.3 Å². The molecule has 1 amide bonds. The van der Waals surface area contributed by atoms with Crippen LogP contribution in [0.2, 0.25) is 0 Å². The summed E-state index contributed by atoms with van der Waals surface area (Å²) in [6, 6.07) is 16.5. The van der Waals surface area contributed by atoms with Crippen molar-refractivity contribution in [2.45, 2.75) is 59.3 Å². The van der Waals surface area contributed by atoms with Gasteiger partial charge in [-0.25, -0.2) is 4.98 Å². The van der Waals surface area contributed by atoms with Crippen molar-refractivity contribution in [3.63, 3.8) is 0 Å². The van der Waals surface area contributed by atoms with Gasteiger partial charge in [-0.2, -0.15) is 0 Å². The molecule has 1 saturated heterocycles. The molecule has 34 heavy (non-hydrogen) atoms. The van der Waals surface area contributed by atoms with Crippen molar-refractivity contribution in [3.05, 3.63) is 75.7 Å². The third-order valence-corrected chi connectivity index (χ3v) is 7.39. The number of Topliss-reactive ketones (excluding diaryl/α,β-unsaturated/α-hetero) is 1. The van der Waals surface area contributed by atoms with Gasteiger partial charge in [0, 0.05) is 37.2 Å². The van der Waals surface area contributed by atoms with Gasteiger partial charge >= 0.3 is 0 Å². The lowest BCUT2D eigenvalue weighted by Crippen LogP contribution is -2.39. The minimum atomic E-state index is 0.0102. The molecule has 0 saturated carbocycles. The molecule has 0 aliphatic carbocycles. The van der Waals surface area contributed by atoms with E-state index >= 15 is 0 Å². The molecule has 0 atom stereocenters. The van der Waals surface area contributed by atoms with E-state index in [1.54, 1.807) is 11.3 Å². The first-order valence-electron chi connectivity index (χ1n) is 12.1. The van der Waals surface area contributed by atoms with Gasteiger partial charge in [0.1, 0.15) is 5.69 Å². The van der Waals surface area contributed by atoms with E-state index in [4.69, 9.17) is 4.98 Å². The third-order valence-electron chi connectivity index (χ3n) is 6.39. The summed E-state index contributed by atoms with van der Waals surface area (Å²) in [6.07, 6.45) is 2.74. The Morgan fingerprint density at radius 3 is 2.44 bits per heavy atom. The van der Waals surface area contributed by atoms with Crippen molar-refractivity contribution < 1.29 is 9.59 Å². The molecule has 2 aromatic carbocycles. The Bertz CT molecular complexity index is 1150. The first-order valence-corrected chi connectivity index (χ1v) is 13.0. The van der Waals surface area contributed by atoms with E-state index in [-0.39, 0.29) is 17.1 Å². The number of nitrogens with zero attached hydrogens (tertiary/aromatic N) is 2. The van der Waals surface area contributed by atoms with Gasteiger partial charge in [-0.1, -0.05) is 74.9 Å². The Morgan fingerprint density at radius 1 is 1.06 bits per heavy atom. The Morgan fingerprint density at radius 2 is 1.76 bits per heavy atom. The number of ketones is 1. The first kappa shape index (κ1) is 24.3. The SMILES string of the molecule is Cc1ccc(CC(=O)c2csc(C3CCN(C(=O)CC(C)(C)C)CC3)n2)c(-c2ccccc2)c1. The second-order valence-corrected chi connectivity index (χ2v) is 11.5. The van der Waals surface area contributed by atoms with Crippen LogP contribution >= 0.6 is 11.3 Å². The molecule has 1 fully saturated rings. The van der Waals surface area contributed by atoms with Gasteiger partial charge in [-0.3, -0.25) is 9.59 Å². The second-order valence-electron chi connectivity index (χ2n) is 10.6. The number of rotatable bonds is 6. The van der Waals surface area contributed by atoms with Crippen LogP contribution in [0.5, 0.6) is 0 Å². The number of aryl methyl sites for hydroxylation is 1. The maximum atomic E-state index is 13.1. The quantitative estimate of drug-likeness (QED) is 0.374. The zero-order chi connectivity index (χ0) is 24.3. The number of likely N-dealkylation sites (tertiary alicyclic amines) is 1. The van der Waals surface area contributed by atoms with Crippen molar-refractivity contribution in [3.8, 4) is 11.1 Å². The van der Waals surface area contributed by atoms with Gasteiger partial charge in [-0.05, 0) is 41.9 Å². The summed E-state index contributed by atoms with van der Waals surface area (Å²) in [5.74, 6) is 0.624. The molecular formula is C29H34N2O2S. The van der Waals surface area contributed by atoms with Crippen molar-refractivity contribution in [1.29, 1.82) is 0 Å². The molecule has 1 aromatic heterocycles. The molecule has 4 rings (SSSR count). The molecule has 0 unspecified atom stereocenters. The van der Waals surface area contributed by atoms with Gasteiger partial charge in [0.05, 0.1) is 5.01 Å². The summed E-state index contributed by atoms with van der Waals surface area (Å²) in [4.78, 5) is 32.4. The van der Waals surface area contributed by atoms with Crippen LogP contribution in [0.4, 0.5) is 0 Å². The molecule has 4 nitrogen and oxygen atoms in total. The van der Waals surface area contributed by atoms with Crippen LogP contribution in [0.1, 0.15) is 72.6 Å². The van der Waals surface area contributed by atoms with Crippen LogP contribution in [-0.2, 0) is 11.2 Å². The predicted molar refractivity (Wildman–Crippen MR) is 139 cm³/mol. The number of hydrogen-bond acceptors (Lipinski definition) is 4. The number of aromatic nitrogens is 1. The van der Waals surface area contributed by atoms with Crippen LogP contribution in [0.15, 0.2) is 53.9 Å². The Labute approximate surface area is 207 Å². The highest BCUT2D eigenvalue weighted by atomic mass is 32.1. The molecule has 2 heterocycles. The zero-order valence-corrected chi connectivity index (χ0v) is 21.5. The van der Waals surface area contributed by atoms with Gasteiger partial charge in [0.2, 0.25) is 5.91 Å². The highest BCUT2D eigenvalue weighted by Gasteiger charge is 2.28. The predicted octanol–water partition coefficient (Wildman–Crippen LogP) is 6.69. The van der Waals surface area contributed by atoms with E-state index in [2.05, 4.69) is 58.0 Å². The number of thiazole rings is 1. The monoisotopic (exact) mass is 474 g/mol. The number of carbonyl (C=O) groups is 2. The lowest BCUT2D eigenvalue weighted by Gasteiger charge is -2.33. The summed E-state index contributed by atoms with van der Waals surface area (Å²) >= 11 is 1.58. The first-order chi connectivity index (χ1) is 16.2. The summed E-state index contributed by atoms with van der Waals surface area (Å²) in [5.41, 5.74) is 5.01. The average molecular weight is 475 g/mol. The lowest BCUT2D eigenvalue weighted by molar-refractivity contribution is -0.134. The summed E-state index contributed by atoms with van der Waals surface area (Å²) in [5, 5.41) is 2.93. The zero-order valence-electron chi connectivity index (χ0n) is 20.6. The molecule has 0 bridgehead atoms. The number of hydrogen-bond donors (Lipinski definition) is 0. The summed E-state index contributed by atoms with van der Waals surface area (Å²) in [7, 11) is 0. The van der Waals surface area contributed by atoms with Crippen molar-refractivity contribution in [1.82, 2.24) is 9.88 Å². The third kappa shape index (κ3) is 6.01. The number of amides is 1. The molecular weight excluding hydrogens is 440 g/mol. The maximum absolute atomic E-state index is 13.1. The highest BCUT2D eigenvalue weighted by Crippen LogP contribution is 2.32. The van der Waals surface area contributed by atoms with Crippen LogP contribution in [0.25, 0.3) is 11.1 Å². The molecule has 0 N–H and O–H groups in total. The molecule has 5 heteroatoms. The molecule has 1 aliphatic rings. The van der Waals surface area contributed by atoms with E-state index in [9.17, 15) is 9.59 Å². The van der Waals surface area contributed by atoms with Crippen LogP contribution in [-0.4, -0.2) is 34.7 Å². The largest absolute Gasteiger partial charge is 0.343 e. The number of carbonyl (C=O) groups excluding carboxylic acids is 2. The van der Waals surface area contributed by atoms with Crippen molar-refractivity contribution in [2.24, 2.45) is 5.41 Å². The fourth-order valence-electron chi connectivity index (χ4n) is 4.54. The van der Waals surface area contributed by atoms with E-state index in [1.165, 1.54) is 5.56 Å². The van der Waals surface area contributed by atoms with E-state index < -0.39 is 0 Å². The fraction of sp³-hybridized carbons (Fsp3) is 0.414. The minimum absolute atomic E-state index is 0.0102. The highest BCUT2D eigenvalue weighted by molar-refractivity contribution is 7.09. The smallest absolute Gasteiger partial charge is 0.223 e. The molecule has 0 spiro atoms. The average Bonchev–Trinajstić information content (AvgIpc) is 3.30. The maximum Gasteiger partial charge on any atom is 0.223 e. The normalized spacial score (nSPS) is 14.9. The van der Waals surface area contributed by atoms with E-state index in [0.717, 1.165) is 47.6 Å². The van der Waals surface area contributed by atoms with E-state index in [1.807, 2.05) is 28.5 Å². The molecule has 178 valence electrons. The van der Waals surface area contributed by atoms with Gasteiger partial charge in [0.25, 0.3) is 0 Å². The minimum Gasteiger partial charge on any atom is -0.343 e. The second kappa shape index (κ2) is 10.2. The summed E-state index contributed by atoms with van der Waals surface area (Å²) in [6.45, 7) is 9.92. The van der Waals surface area contributed by atoms with Crippen LogP contribution in [0.3, 0.4) is 0 Å². The number of piperidine rings is 1. The van der Waals surface area contributed by atoms with Gasteiger partial charge in [-0.15, -0.1) is 11.3 Å². The molecule has 1 aliphatic heterocycles. The van der Waals surface area contributed by atoms with Gasteiger partial charge in [0.15, 0.2) is 5.78 Å². The standard InChI is InChI=1S/C29H34N2O2S/c1-20-10-11-23(24(16-20)21-8-6-5-7-9-21)17-26(32)25-19-34-28(30-25)22-12-14-31(15-13-22)27(33)18-29(2,3)4/h5-11,16,19,22H,12-15,17-18H2,1-4H3. The fourth-order valence-corrected chi connectivity index (χ4v) is 5.53. The lowest BCUT2D eigenvalue weighted by atomic mass is 9.90.